The molecule has 0 aliphatic heterocycles. The van der Waals surface area contributed by atoms with E-state index >= 15 is 0 Å². The van der Waals surface area contributed by atoms with Gasteiger partial charge in [-0.25, -0.2) is 4.79 Å². The molecule has 1 N–H and O–H groups in total. The van der Waals surface area contributed by atoms with E-state index in [4.69, 9.17) is 0 Å². The van der Waals surface area contributed by atoms with Crippen LogP contribution in [0.25, 0.3) is 0 Å². The fourth-order valence-corrected chi connectivity index (χ4v) is 4.14. The predicted octanol–water partition coefficient (Wildman–Crippen LogP) is 4.65. The van der Waals surface area contributed by atoms with Gasteiger partial charge in [0.05, 0.1) is 45.1 Å². The molecule has 0 saturated heterocycles. The van der Waals surface area contributed by atoms with Crippen molar-refractivity contribution in [1.29, 1.82) is 0 Å². The SMILES string of the molecule is CCCCCCCCc1ccc(N(C(=O)N[C@H](CC(=O)[O-])C[N+](C)(C)C)c2ccccc2)cc1. The number of para-hydroxylation sites is 1. The highest BCUT2D eigenvalue weighted by molar-refractivity contribution is 5.99. The summed E-state index contributed by atoms with van der Waals surface area (Å²) >= 11 is 0. The summed E-state index contributed by atoms with van der Waals surface area (Å²) in [6, 6.07) is 16.6. The topological polar surface area (TPSA) is 72.5 Å². The number of carbonyl (C=O) groups is 2. The monoisotopic (exact) mass is 467 g/mol. The van der Waals surface area contributed by atoms with Crippen molar-refractivity contribution < 1.29 is 19.2 Å². The number of nitrogens with one attached hydrogen (secondary N) is 1. The van der Waals surface area contributed by atoms with E-state index in [0.717, 1.165) is 17.8 Å². The summed E-state index contributed by atoms with van der Waals surface area (Å²) in [6.45, 7) is 2.70. The van der Waals surface area contributed by atoms with E-state index in [1.165, 1.54) is 44.1 Å². The zero-order valence-corrected chi connectivity index (χ0v) is 21.3. The molecule has 0 bridgehead atoms. The average molecular weight is 468 g/mol. The molecule has 0 aliphatic carbocycles. The van der Waals surface area contributed by atoms with Gasteiger partial charge in [0.2, 0.25) is 0 Å². The number of anilines is 2. The summed E-state index contributed by atoms with van der Waals surface area (Å²) in [5.74, 6) is -1.18. The van der Waals surface area contributed by atoms with Crippen molar-refractivity contribution in [3.63, 3.8) is 0 Å². The number of unbranched alkanes of at least 4 members (excludes halogenated alkanes) is 5. The van der Waals surface area contributed by atoms with Gasteiger partial charge in [0.15, 0.2) is 0 Å². The first-order valence-electron chi connectivity index (χ1n) is 12.4. The Bertz CT molecular complexity index is 876. The zero-order valence-electron chi connectivity index (χ0n) is 21.3. The van der Waals surface area contributed by atoms with Gasteiger partial charge in [0.25, 0.3) is 0 Å². The lowest BCUT2D eigenvalue weighted by Crippen LogP contribution is -2.53. The first kappa shape index (κ1) is 27.4. The number of carboxylic acid groups (broad SMARTS) is 1. The average Bonchev–Trinajstić information content (AvgIpc) is 2.76. The Balaban J connectivity index is 2.15. The number of amides is 2. The van der Waals surface area contributed by atoms with Crippen LogP contribution in [0.1, 0.15) is 57.4 Å². The standard InChI is InChI=1S/C28H41N3O3/c1-5-6-7-8-9-11-14-23-17-19-26(20-18-23)30(25-15-12-10-13-16-25)28(34)29-24(21-27(32)33)22-31(2,3)4/h10,12-13,15-20,24H,5-9,11,14,21-22H2,1-4H3,(H-,29,32,33,34)/t24-/m1/s1. The maximum Gasteiger partial charge on any atom is 0.326 e. The summed E-state index contributed by atoms with van der Waals surface area (Å²) in [6.07, 6.45) is 8.37. The van der Waals surface area contributed by atoms with E-state index in [9.17, 15) is 14.7 Å². The number of hydrogen-bond donors (Lipinski definition) is 1. The Morgan fingerprint density at radius 3 is 2.06 bits per heavy atom. The highest BCUT2D eigenvalue weighted by Crippen LogP contribution is 2.26. The molecule has 2 aromatic rings. The molecule has 0 saturated carbocycles. The first-order chi connectivity index (χ1) is 16.2. The molecule has 6 nitrogen and oxygen atoms in total. The second-order valence-electron chi connectivity index (χ2n) is 10.1. The number of aryl methyl sites for hydroxylation is 1. The van der Waals surface area contributed by atoms with Crippen LogP contribution in [0, 0.1) is 0 Å². The number of urea groups is 1. The summed E-state index contributed by atoms with van der Waals surface area (Å²) in [5, 5.41) is 14.2. The molecule has 2 amide bonds. The van der Waals surface area contributed by atoms with Gasteiger partial charge in [-0.05, 0) is 42.7 Å². The molecule has 1 atom stereocenters. The van der Waals surface area contributed by atoms with Gasteiger partial charge >= 0.3 is 6.03 Å². The van der Waals surface area contributed by atoms with Gasteiger partial charge in [0, 0.05) is 12.4 Å². The van der Waals surface area contributed by atoms with E-state index in [0.29, 0.717) is 11.0 Å². The molecular formula is C28H41N3O3. The van der Waals surface area contributed by atoms with Crippen molar-refractivity contribution in [2.75, 3.05) is 32.6 Å². The van der Waals surface area contributed by atoms with Crippen molar-refractivity contribution in [2.24, 2.45) is 0 Å². The van der Waals surface area contributed by atoms with Crippen molar-refractivity contribution in [3.05, 3.63) is 60.2 Å². The maximum atomic E-state index is 13.4. The lowest BCUT2D eigenvalue weighted by molar-refractivity contribution is -0.871. The third-order valence-corrected chi connectivity index (χ3v) is 5.74. The lowest BCUT2D eigenvalue weighted by Gasteiger charge is -2.32. The Hall–Kier alpha value is -2.86. The Morgan fingerprint density at radius 1 is 0.882 bits per heavy atom. The van der Waals surface area contributed by atoms with Crippen LogP contribution in [-0.4, -0.2) is 50.2 Å². The highest BCUT2D eigenvalue weighted by Gasteiger charge is 2.25. The van der Waals surface area contributed by atoms with Gasteiger partial charge in [0.1, 0.15) is 0 Å². The fourth-order valence-electron chi connectivity index (χ4n) is 4.14. The maximum absolute atomic E-state index is 13.4. The summed E-state index contributed by atoms with van der Waals surface area (Å²) in [4.78, 5) is 26.3. The van der Waals surface area contributed by atoms with Gasteiger partial charge in [-0.3, -0.25) is 4.90 Å². The fraction of sp³-hybridized carbons (Fsp3) is 0.500. The van der Waals surface area contributed by atoms with Crippen LogP contribution in [0.3, 0.4) is 0 Å². The number of hydrogen-bond acceptors (Lipinski definition) is 3. The van der Waals surface area contributed by atoms with Crippen LogP contribution in [0.4, 0.5) is 16.2 Å². The van der Waals surface area contributed by atoms with Crippen molar-refractivity contribution in [2.45, 2.75) is 64.3 Å². The summed E-state index contributed by atoms with van der Waals surface area (Å²) < 4.78 is 0.525. The van der Waals surface area contributed by atoms with Gasteiger partial charge in [-0.1, -0.05) is 69.4 Å². The van der Waals surface area contributed by atoms with Crippen LogP contribution >= 0.6 is 0 Å². The van der Waals surface area contributed by atoms with Crippen LogP contribution in [0.2, 0.25) is 0 Å². The minimum Gasteiger partial charge on any atom is -0.550 e. The van der Waals surface area contributed by atoms with E-state index in [1.54, 1.807) is 4.90 Å². The summed E-state index contributed by atoms with van der Waals surface area (Å²) in [5.41, 5.74) is 2.72. The van der Waals surface area contributed by atoms with Gasteiger partial charge in [-0.2, -0.15) is 0 Å². The number of aliphatic carboxylic acids is 1. The van der Waals surface area contributed by atoms with Crippen LogP contribution in [0.15, 0.2) is 54.6 Å². The third-order valence-electron chi connectivity index (χ3n) is 5.74. The second-order valence-corrected chi connectivity index (χ2v) is 10.1. The molecule has 2 rings (SSSR count). The highest BCUT2D eigenvalue weighted by atomic mass is 16.4. The molecule has 0 radical (unpaired) electrons. The third kappa shape index (κ3) is 9.96. The van der Waals surface area contributed by atoms with Crippen LogP contribution in [-0.2, 0) is 11.2 Å². The molecular weight excluding hydrogens is 426 g/mol. The van der Waals surface area contributed by atoms with E-state index in [-0.39, 0.29) is 12.5 Å². The van der Waals surface area contributed by atoms with Gasteiger partial charge < -0.3 is 19.7 Å². The number of rotatable bonds is 14. The molecule has 0 fully saturated rings. The van der Waals surface area contributed by atoms with Crippen LogP contribution in [0.5, 0.6) is 0 Å². The Kier molecular flexibility index (Phi) is 11.1. The molecule has 6 heteroatoms. The minimum atomic E-state index is -1.18. The molecule has 0 spiro atoms. The number of benzene rings is 2. The van der Waals surface area contributed by atoms with E-state index in [2.05, 4.69) is 24.4 Å². The number of nitrogens with zero attached hydrogens (tertiary/aromatic N) is 2. The molecule has 2 aromatic carbocycles. The number of carboxylic acids is 1. The molecule has 0 aromatic heterocycles. The molecule has 34 heavy (non-hydrogen) atoms. The van der Waals surface area contributed by atoms with E-state index < -0.39 is 12.0 Å². The number of carbonyl (C=O) groups excluding carboxylic acids is 2. The Labute approximate surface area is 205 Å². The van der Waals surface area contributed by atoms with Crippen molar-refractivity contribution in [3.8, 4) is 0 Å². The van der Waals surface area contributed by atoms with E-state index in [1.807, 2.05) is 63.6 Å². The molecule has 0 aliphatic rings. The molecule has 0 heterocycles. The predicted molar refractivity (Wildman–Crippen MR) is 137 cm³/mol. The smallest absolute Gasteiger partial charge is 0.326 e. The van der Waals surface area contributed by atoms with Crippen molar-refractivity contribution >= 4 is 23.4 Å². The quantitative estimate of drug-likeness (QED) is 0.325. The Morgan fingerprint density at radius 2 is 1.47 bits per heavy atom. The molecule has 186 valence electrons. The normalized spacial score (nSPS) is 12.2. The summed E-state index contributed by atoms with van der Waals surface area (Å²) in [7, 11) is 5.89. The lowest BCUT2D eigenvalue weighted by atomic mass is 10.0. The second kappa shape index (κ2) is 13.8. The van der Waals surface area contributed by atoms with Gasteiger partial charge in [-0.15, -0.1) is 0 Å². The van der Waals surface area contributed by atoms with Crippen molar-refractivity contribution in [1.82, 2.24) is 5.32 Å². The number of likely N-dealkylation sites (N-methyl/N-ethyl adjacent to an activating group) is 1. The largest absolute Gasteiger partial charge is 0.550 e. The number of quaternary nitrogens is 1. The zero-order chi connectivity index (χ0) is 25.0. The molecule has 0 unspecified atom stereocenters. The first-order valence-corrected chi connectivity index (χ1v) is 12.4. The minimum absolute atomic E-state index is 0.235. The van der Waals surface area contributed by atoms with Crippen LogP contribution < -0.4 is 15.3 Å².